The van der Waals surface area contributed by atoms with Gasteiger partial charge < -0.3 is 25.4 Å². The first-order chi connectivity index (χ1) is 10.6. The van der Waals surface area contributed by atoms with Crippen molar-refractivity contribution in [3.63, 3.8) is 0 Å². The Morgan fingerprint density at radius 3 is 1.46 bits per heavy atom. The monoisotopic (exact) mass is 376 g/mol. The Bertz CT molecular complexity index is 419. The van der Waals surface area contributed by atoms with Gasteiger partial charge in [0.25, 0.3) is 5.82 Å². The molecule has 0 aliphatic heterocycles. The number of rotatable bonds is 4. The standard InChI is InChI=1S/C12H27O3SSi.C5H8N2/c1-10(2,3)13-17(16,14-11(4,5)6)15-12(7,8)9;1-2-5-6-3-4-7-5/h1-9H3;3-4H,2H2,1H3,(H,6,7)/q-1;/p+1. The number of aromatic nitrogens is 2. The highest BCUT2D eigenvalue weighted by Gasteiger charge is 2.36. The third-order valence-corrected chi connectivity index (χ3v) is 5.58. The highest BCUT2D eigenvalue weighted by Crippen LogP contribution is 2.27. The fraction of sp³-hybridized carbons (Fsp3) is 0.824. The molecule has 1 aromatic rings. The molecular weight excluding hydrogens is 340 g/mol. The Kier molecular flexibility index (Phi) is 8.72. The molecule has 0 saturated carbocycles. The highest BCUT2D eigenvalue weighted by molar-refractivity contribution is 7.94. The summed E-state index contributed by atoms with van der Waals surface area (Å²) in [6.07, 6.45) is 4.82. The molecular formula is C17H36N2O3SSi. The van der Waals surface area contributed by atoms with Crippen LogP contribution in [0.2, 0.25) is 0 Å². The van der Waals surface area contributed by atoms with E-state index >= 15 is 0 Å². The molecule has 0 aromatic carbocycles. The van der Waals surface area contributed by atoms with Gasteiger partial charge in [-0.3, -0.25) is 0 Å². The van der Waals surface area contributed by atoms with Crippen molar-refractivity contribution in [2.75, 3.05) is 0 Å². The minimum Gasteiger partial charge on any atom is -0.708 e. The summed E-state index contributed by atoms with van der Waals surface area (Å²) in [5.41, 5.74) is -1.11. The second kappa shape index (κ2) is 8.85. The van der Waals surface area contributed by atoms with Gasteiger partial charge in [0.05, 0.1) is 16.8 Å². The summed E-state index contributed by atoms with van der Waals surface area (Å²) < 4.78 is 17.7. The molecule has 0 fully saturated rings. The first-order valence-electron chi connectivity index (χ1n) is 8.40. The summed E-state index contributed by atoms with van der Waals surface area (Å²) in [5.74, 6) is 1.18. The minimum atomic E-state index is -3.07. The predicted octanol–water partition coefficient (Wildman–Crippen LogP) is 3.81. The SMILES string of the molecule is CC(C)(C)O[Si]([S-])(OC(C)(C)C)OC(C)(C)C.CCc1[nH]cc[nH+]1. The molecule has 0 spiro atoms. The van der Waals surface area contributed by atoms with E-state index in [1.165, 1.54) is 5.82 Å². The Hall–Kier alpha value is -0.343. The van der Waals surface area contributed by atoms with Gasteiger partial charge in [-0.25, -0.2) is 9.97 Å². The van der Waals surface area contributed by atoms with Crippen LogP contribution in [0, 0.1) is 0 Å². The number of nitrogens with one attached hydrogen (secondary N) is 2. The smallest absolute Gasteiger partial charge is 0.346 e. The number of aromatic amines is 2. The second-order valence-electron chi connectivity index (χ2n) is 8.60. The zero-order chi connectivity index (χ0) is 19.2. The Balaban J connectivity index is 0.000000620. The summed E-state index contributed by atoms with van der Waals surface area (Å²) in [4.78, 5) is 6.06. The summed E-state index contributed by atoms with van der Waals surface area (Å²) >= 11 is 5.52. The average Bonchev–Trinajstić information content (AvgIpc) is 2.72. The molecule has 1 rings (SSSR count). The zero-order valence-electron chi connectivity index (χ0n) is 17.0. The Labute approximate surface area is 154 Å². The number of imidazole rings is 1. The van der Waals surface area contributed by atoms with Gasteiger partial charge in [-0.1, -0.05) is 6.92 Å². The van der Waals surface area contributed by atoms with Crippen molar-refractivity contribution >= 4 is 20.0 Å². The molecule has 0 saturated heterocycles. The maximum atomic E-state index is 5.89. The lowest BCUT2D eigenvalue weighted by Crippen LogP contribution is -2.55. The summed E-state index contributed by atoms with van der Waals surface area (Å²) in [6.45, 7) is 19.7. The van der Waals surface area contributed by atoms with E-state index in [9.17, 15) is 0 Å². The van der Waals surface area contributed by atoms with Crippen LogP contribution >= 0.6 is 0 Å². The Morgan fingerprint density at radius 2 is 1.29 bits per heavy atom. The van der Waals surface area contributed by atoms with Crippen LogP contribution in [0.3, 0.4) is 0 Å². The van der Waals surface area contributed by atoms with Crippen LogP contribution in [0.25, 0.3) is 0 Å². The van der Waals surface area contributed by atoms with Crippen LogP contribution in [0.1, 0.15) is 75.1 Å². The van der Waals surface area contributed by atoms with Crippen LogP contribution in [-0.2, 0) is 31.8 Å². The van der Waals surface area contributed by atoms with Crippen LogP contribution in [0.5, 0.6) is 0 Å². The first-order valence-corrected chi connectivity index (χ1v) is 11.3. The molecule has 0 radical (unpaired) electrons. The van der Waals surface area contributed by atoms with Crippen molar-refractivity contribution in [2.45, 2.75) is 92.5 Å². The number of aryl methyl sites for hydroxylation is 1. The van der Waals surface area contributed by atoms with E-state index in [0.717, 1.165) is 6.42 Å². The van der Waals surface area contributed by atoms with Crippen molar-refractivity contribution in [1.29, 1.82) is 0 Å². The fourth-order valence-electron chi connectivity index (χ4n) is 1.72. The van der Waals surface area contributed by atoms with E-state index < -0.39 is 7.95 Å². The molecule has 0 unspecified atom stereocenters. The van der Waals surface area contributed by atoms with Gasteiger partial charge in [-0.15, -0.1) is 0 Å². The summed E-state index contributed by atoms with van der Waals surface area (Å²) in [6, 6.07) is 0. The largest absolute Gasteiger partial charge is 0.708 e. The van der Waals surface area contributed by atoms with Crippen LogP contribution in [0.15, 0.2) is 12.4 Å². The highest BCUT2D eigenvalue weighted by atomic mass is 32.3. The quantitative estimate of drug-likeness (QED) is 0.641. The van der Waals surface area contributed by atoms with Gasteiger partial charge in [0, 0.05) is 6.42 Å². The topological polar surface area (TPSA) is 57.6 Å². The van der Waals surface area contributed by atoms with Gasteiger partial charge in [0.1, 0.15) is 12.4 Å². The van der Waals surface area contributed by atoms with Crippen molar-refractivity contribution in [2.24, 2.45) is 0 Å². The lowest BCUT2D eigenvalue weighted by molar-refractivity contribution is -0.387. The van der Waals surface area contributed by atoms with Crippen molar-refractivity contribution in [3.8, 4) is 0 Å². The zero-order valence-corrected chi connectivity index (χ0v) is 18.8. The third kappa shape index (κ3) is 13.0. The first kappa shape index (κ1) is 23.7. The van der Waals surface area contributed by atoms with Gasteiger partial charge in [0.2, 0.25) is 0 Å². The molecule has 5 nitrogen and oxygen atoms in total. The molecule has 0 bridgehead atoms. The van der Waals surface area contributed by atoms with Gasteiger partial charge >= 0.3 is 7.95 Å². The lowest BCUT2D eigenvalue weighted by Gasteiger charge is -2.48. The van der Waals surface area contributed by atoms with Crippen molar-refractivity contribution < 1.29 is 18.3 Å². The van der Waals surface area contributed by atoms with Crippen LogP contribution in [-0.4, -0.2) is 29.7 Å². The van der Waals surface area contributed by atoms with E-state index in [4.69, 9.17) is 25.4 Å². The summed E-state index contributed by atoms with van der Waals surface area (Å²) in [7, 11) is -3.07. The van der Waals surface area contributed by atoms with Crippen molar-refractivity contribution in [1.82, 2.24) is 4.98 Å². The van der Waals surface area contributed by atoms with E-state index in [-0.39, 0.29) is 16.8 Å². The normalized spacial score (nSPS) is 13.5. The molecule has 2 N–H and O–H groups in total. The van der Waals surface area contributed by atoms with Crippen molar-refractivity contribution in [3.05, 3.63) is 18.2 Å². The van der Waals surface area contributed by atoms with Gasteiger partial charge in [-0.05, 0) is 62.3 Å². The Morgan fingerprint density at radius 1 is 0.917 bits per heavy atom. The summed E-state index contributed by atoms with van der Waals surface area (Å²) in [5, 5.41) is 0. The maximum absolute atomic E-state index is 5.89. The molecule has 24 heavy (non-hydrogen) atoms. The molecule has 0 atom stereocenters. The van der Waals surface area contributed by atoms with E-state index in [2.05, 4.69) is 16.9 Å². The molecule has 0 aliphatic carbocycles. The molecule has 142 valence electrons. The van der Waals surface area contributed by atoms with Gasteiger partial charge in [0.15, 0.2) is 0 Å². The third-order valence-electron chi connectivity index (χ3n) is 2.25. The van der Waals surface area contributed by atoms with E-state index in [1.54, 1.807) is 0 Å². The lowest BCUT2D eigenvalue weighted by atomic mass is 10.2. The minimum absolute atomic E-state index is 0.371. The molecule has 0 amide bonds. The predicted molar refractivity (Wildman–Crippen MR) is 102 cm³/mol. The molecule has 0 aliphatic rings. The molecule has 7 heteroatoms. The molecule has 1 aromatic heterocycles. The fourth-order valence-corrected chi connectivity index (χ4v) is 6.34. The number of H-pyrrole nitrogens is 2. The number of hydrogen-bond acceptors (Lipinski definition) is 4. The van der Waals surface area contributed by atoms with Crippen LogP contribution in [0.4, 0.5) is 0 Å². The average molecular weight is 377 g/mol. The van der Waals surface area contributed by atoms with Gasteiger partial charge in [-0.2, -0.15) is 0 Å². The maximum Gasteiger partial charge on any atom is 0.346 e. The molecule has 1 heterocycles. The van der Waals surface area contributed by atoms with E-state index in [1.807, 2.05) is 74.7 Å². The second-order valence-corrected chi connectivity index (χ2v) is 11.7. The van der Waals surface area contributed by atoms with Crippen LogP contribution < -0.4 is 4.98 Å². The van der Waals surface area contributed by atoms with E-state index in [0.29, 0.717) is 0 Å². The number of hydrogen-bond donors (Lipinski definition) is 1.